The Morgan fingerprint density at radius 2 is 1.80 bits per heavy atom. The Morgan fingerprint density at radius 1 is 1.10 bits per heavy atom. The van der Waals surface area contributed by atoms with E-state index in [2.05, 4.69) is 46.4 Å². The Bertz CT molecular complexity index is 539. The summed E-state index contributed by atoms with van der Waals surface area (Å²) in [6, 6.07) is 16.2. The lowest BCUT2D eigenvalue weighted by molar-refractivity contribution is 0.474. The average molecular weight is 334 g/mol. The molecular weight excluding hydrogens is 314 g/mol. The molecule has 2 nitrogen and oxygen atoms in total. The summed E-state index contributed by atoms with van der Waals surface area (Å²) in [6.07, 6.45) is 2.10. The molecule has 2 rings (SSSR count). The van der Waals surface area contributed by atoms with Crippen molar-refractivity contribution in [3.63, 3.8) is 0 Å². The van der Waals surface area contributed by atoms with E-state index in [1.807, 2.05) is 18.2 Å². The van der Waals surface area contributed by atoms with Gasteiger partial charge in [0.15, 0.2) is 0 Å². The average Bonchev–Trinajstić information content (AvgIpc) is 2.46. The first-order chi connectivity index (χ1) is 9.65. The first-order valence-corrected chi connectivity index (χ1v) is 7.69. The van der Waals surface area contributed by atoms with Crippen LogP contribution in [-0.4, -0.2) is 11.1 Å². The third-order valence-corrected chi connectivity index (χ3v) is 4.17. The zero-order chi connectivity index (χ0) is 14.4. The molecule has 0 aliphatic carbocycles. The van der Waals surface area contributed by atoms with Gasteiger partial charge < -0.3 is 10.4 Å². The van der Waals surface area contributed by atoms with Crippen LogP contribution in [0.25, 0.3) is 0 Å². The van der Waals surface area contributed by atoms with Gasteiger partial charge in [-0.15, -0.1) is 0 Å². The first kappa shape index (κ1) is 15.1. The summed E-state index contributed by atoms with van der Waals surface area (Å²) in [5, 5.41) is 12.8. The van der Waals surface area contributed by atoms with E-state index in [4.69, 9.17) is 0 Å². The number of aryl methyl sites for hydroxylation is 1. The highest BCUT2D eigenvalue weighted by atomic mass is 79.9. The smallest absolute Gasteiger partial charge is 0.115 e. The zero-order valence-electron chi connectivity index (χ0n) is 11.6. The molecule has 0 radical (unpaired) electrons. The van der Waals surface area contributed by atoms with Gasteiger partial charge in [0, 0.05) is 17.1 Å². The Hall–Kier alpha value is -1.32. The fraction of sp³-hybridized carbons (Fsp3) is 0.294. The van der Waals surface area contributed by atoms with Gasteiger partial charge in [-0.25, -0.2) is 0 Å². The summed E-state index contributed by atoms with van der Waals surface area (Å²) in [5.41, 5.74) is 2.54. The van der Waals surface area contributed by atoms with E-state index < -0.39 is 0 Å². The van der Waals surface area contributed by atoms with E-state index in [0.717, 1.165) is 23.9 Å². The molecule has 0 aliphatic heterocycles. The maximum atomic E-state index is 9.25. The second-order valence-corrected chi connectivity index (χ2v) is 5.93. The number of phenolic OH excluding ortho intramolecular Hbond substituents is 1. The van der Waals surface area contributed by atoms with Gasteiger partial charge in [0.1, 0.15) is 5.75 Å². The molecule has 0 amide bonds. The van der Waals surface area contributed by atoms with E-state index in [9.17, 15) is 5.11 Å². The topological polar surface area (TPSA) is 32.3 Å². The van der Waals surface area contributed by atoms with E-state index in [1.54, 1.807) is 12.1 Å². The monoisotopic (exact) mass is 333 g/mol. The molecule has 20 heavy (non-hydrogen) atoms. The third-order valence-electron chi connectivity index (χ3n) is 3.40. The second-order valence-electron chi connectivity index (χ2n) is 5.08. The van der Waals surface area contributed by atoms with Crippen molar-refractivity contribution in [1.29, 1.82) is 0 Å². The molecule has 0 bridgehead atoms. The van der Waals surface area contributed by atoms with Crippen LogP contribution in [0, 0.1) is 0 Å². The molecule has 1 atom stereocenters. The predicted molar refractivity (Wildman–Crippen MR) is 86.9 cm³/mol. The summed E-state index contributed by atoms with van der Waals surface area (Å²) in [7, 11) is 0. The van der Waals surface area contributed by atoms with Gasteiger partial charge in [-0.3, -0.25) is 0 Å². The van der Waals surface area contributed by atoms with Crippen molar-refractivity contribution in [3.05, 3.63) is 64.1 Å². The van der Waals surface area contributed by atoms with Crippen molar-refractivity contribution >= 4 is 15.9 Å². The lowest BCUT2D eigenvalue weighted by atomic mass is 10.1. The highest BCUT2D eigenvalue weighted by Gasteiger charge is 2.04. The van der Waals surface area contributed by atoms with Crippen LogP contribution in [0.2, 0.25) is 0 Å². The standard InChI is InChI=1S/C17H20BrNO/c1-13(6-7-14-8-10-16(20)11-9-14)19-12-15-4-2-3-5-17(15)18/h2-5,8-11,13,19-20H,6-7,12H2,1H3/t13-/m1/s1. The number of aromatic hydroxyl groups is 1. The van der Waals surface area contributed by atoms with Gasteiger partial charge in [-0.1, -0.05) is 46.3 Å². The fourth-order valence-electron chi connectivity index (χ4n) is 2.07. The number of hydrogen-bond acceptors (Lipinski definition) is 2. The van der Waals surface area contributed by atoms with Crippen LogP contribution in [0.3, 0.4) is 0 Å². The van der Waals surface area contributed by atoms with Crippen molar-refractivity contribution in [2.24, 2.45) is 0 Å². The molecule has 2 aromatic rings. The number of benzene rings is 2. The molecule has 0 spiro atoms. The summed E-state index contributed by atoms with van der Waals surface area (Å²) < 4.78 is 1.15. The van der Waals surface area contributed by atoms with Crippen LogP contribution in [0.1, 0.15) is 24.5 Å². The molecule has 0 fully saturated rings. The number of nitrogens with one attached hydrogen (secondary N) is 1. The van der Waals surface area contributed by atoms with Crippen molar-refractivity contribution in [2.75, 3.05) is 0 Å². The SMILES string of the molecule is C[C@H](CCc1ccc(O)cc1)NCc1ccccc1Br. The summed E-state index contributed by atoms with van der Waals surface area (Å²) in [5.74, 6) is 0.328. The van der Waals surface area contributed by atoms with Gasteiger partial charge in [-0.2, -0.15) is 0 Å². The van der Waals surface area contributed by atoms with Crippen molar-refractivity contribution in [1.82, 2.24) is 5.32 Å². The van der Waals surface area contributed by atoms with Gasteiger partial charge >= 0.3 is 0 Å². The minimum atomic E-state index is 0.328. The van der Waals surface area contributed by atoms with Crippen LogP contribution in [0.5, 0.6) is 5.75 Å². The quantitative estimate of drug-likeness (QED) is 0.827. The van der Waals surface area contributed by atoms with Gasteiger partial charge in [0.2, 0.25) is 0 Å². The Morgan fingerprint density at radius 3 is 2.50 bits per heavy atom. The molecule has 0 unspecified atom stereocenters. The Balaban J connectivity index is 1.77. The predicted octanol–water partition coefficient (Wildman–Crippen LogP) is 4.27. The maximum Gasteiger partial charge on any atom is 0.115 e. The van der Waals surface area contributed by atoms with Gasteiger partial charge in [-0.05, 0) is 49.1 Å². The molecule has 0 heterocycles. The van der Waals surface area contributed by atoms with E-state index >= 15 is 0 Å². The minimum absolute atomic E-state index is 0.328. The van der Waals surface area contributed by atoms with Crippen molar-refractivity contribution < 1.29 is 5.11 Å². The summed E-state index contributed by atoms with van der Waals surface area (Å²) >= 11 is 3.57. The first-order valence-electron chi connectivity index (χ1n) is 6.90. The van der Waals surface area contributed by atoms with Crippen LogP contribution in [0.4, 0.5) is 0 Å². The molecule has 3 heteroatoms. The van der Waals surface area contributed by atoms with Gasteiger partial charge in [0.25, 0.3) is 0 Å². The van der Waals surface area contributed by atoms with Gasteiger partial charge in [0.05, 0.1) is 0 Å². The zero-order valence-corrected chi connectivity index (χ0v) is 13.2. The molecule has 106 valence electrons. The maximum absolute atomic E-state index is 9.25. The van der Waals surface area contributed by atoms with Crippen LogP contribution in [-0.2, 0) is 13.0 Å². The molecular formula is C17H20BrNO. The normalized spacial score (nSPS) is 12.3. The second kappa shape index (κ2) is 7.46. The number of rotatable bonds is 6. The highest BCUT2D eigenvalue weighted by Crippen LogP contribution is 2.16. The highest BCUT2D eigenvalue weighted by molar-refractivity contribution is 9.10. The molecule has 0 aliphatic rings. The van der Waals surface area contributed by atoms with Crippen molar-refractivity contribution in [2.45, 2.75) is 32.4 Å². The molecule has 0 aromatic heterocycles. The largest absolute Gasteiger partial charge is 0.508 e. The minimum Gasteiger partial charge on any atom is -0.508 e. The molecule has 0 saturated carbocycles. The number of phenols is 1. The lowest BCUT2D eigenvalue weighted by Crippen LogP contribution is -2.26. The van der Waals surface area contributed by atoms with E-state index in [-0.39, 0.29) is 0 Å². The van der Waals surface area contributed by atoms with E-state index in [1.165, 1.54) is 11.1 Å². The number of halogens is 1. The lowest BCUT2D eigenvalue weighted by Gasteiger charge is -2.14. The third kappa shape index (κ3) is 4.66. The van der Waals surface area contributed by atoms with Crippen LogP contribution in [0.15, 0.2) is 53.0 Å². The Labute approximate surface area is 129 Å². The fourth-order valence-corrected chi connectivity index (χ4v) is 2.50. The molecule has 0 saturated heterocycles. The van der Waals surface area contributed by atoms with Crippen LogP contribution < -0.4 is 5.32 Å². The van der Waals surface area contributed by atoms with E-state index in [0.29, 0.717) is 11.8 Å². The van der Waals surface area contributed by atoms with Crippen molar-refractivity contribution in [3.8, 4) is 5.75 Å². The molecule has 2 N–H and O–H groups in total. The summed E-state index contributed by atoms with van der Waals surface area (Å²) in [4.78, 5) is 0. The summed E-state index contributed by atoms with van der Waals surface area (Å²) in [6.45, 7) is 3.08. The molecule has 2 aromatic carbocycles. The number of hydrogen-bond donors (Lipinski definition) is 2. The van der Waals surface area contributed by atoms with Crippen LogP contribution >= 0.6 is 15.9 Å². The Kier molecular flexibility index (Phi) is 5.62.